The molecule has 0 fully saturated rings. The van der Waals surface area contributed by atoms with Gasteiger partial charge in [0.2, 0.25) is 11.8 Å². The van der Waals surface area contributed by atoms with Gasteiger partial charge < -0.3 is 21.5 Å². The highest BCUT2D eigenvalue weighted by molar-refractivity contribution is 5.90. The van der Waals surface area contributed by atoms with Crippen LogP contribution in [-0.2, 0) is 20.8 Å². The average Bonchev–Trinajstić information content (AvgIpc) is 2.45. The fraction of sp³-hybridized carbons (Fsp3) is 0.357. The van der Waals surface area contributed by atoms with Crippen molar-refractivity contribution < 1.29 is 19.5 Å². The van der Waals surface area contributed by atoms with Gasteiger partial charge in [0.05, 0.1) is 6.42 Å². The highest BCUT2D eigenvalue weighted by Crippen LogP contribution is 2.22. The Bertz CT molecular complexity index is 573. The van der Waals surface area contributed by atoms with Gasteiger partial charge in [-0.25, -0.2) is 4.79 Å². The van der Waals surface area contributed by atoms with E-state index in [-0.39, 0.29) is 0 Å². The van der Waals surface area contributed by atoms with Crippen molar-refractivity contribution in [3.8, 4) is 0 Å². The van der Waals surface area contributed by atoms with E-state index >= 15 is 0 Å². The van der Waals surface area contributed by atoms with E-state index in [1.165, 1.54) is 0 Å². The molecule has 21 heavy (non-hydrogen) atoms. The Kier molecular flexibility index (Phi) is 4.54. The molecule has 1 aromatic rings. The largest absolute Gasteiger partial charge is 0.480 e. The molecule has 1 unspecified atom stereocenters. The maximum Gasteiger partial charge on any atom is 0.326 e. The number of amides is 2. The number of hydrogen-bond acceptors (Lipinski definition) is 4. The Labute approximate surface area is 121 Å². The van der Waals surface area contributed by atoms with Crippen molar-refractivity contribution in [1.82, 2.24) is 10.6 Å². The molecule has 0 saturated heterocycles. The first-order chi connectivity index (χ1) is 9.99. The number of nitrogens with two attached hydrogens (primary N) is 1. The van der Waals surface area contributed by atoms with E-state index in [9.17, 15) is 14.4 Å². The molecular formula is C14H17N3O4. The second-order valence-corrected chi connectivity index (χ2v) is 4.91. The number of carboxylic acid groups (broad SMARTS) is 1. The molecule has 0 spiro atoms. The maximum atomic E-state index is 12.3. The van der Waals surface area contributed by atoms with E-state index in [2.05, 4.69) is 10.6 Å². The molecule has 2 atom stereocenters. The number of carbonyl (C=O) groups excluding carboxylic acids is 2. The van der Waals surface area contributed by atoms with Crippen LogP contribution in [0, 0.1) is 0 Å². The first-order valence-corrected chi connectivity index (χ1v) is 6.61. The number of benzene rings is 1. The van der Waals surface area contributed by atoms with Crippen LogP contribution in [0.3, 0.4) is 0 Å². The third kappa shape index (κ3) is 3.57. The third-order valence-corrected chi connectivity index (χ3v) is 3.39. The summed E-state index contributed by atoms with van der Waals surface area (Å²) in [5.41, 5.74) is 6.87. The zero-order chi connectivity index (χ0) is 15.4. The van der Waals surface area contributed by atoms with Crippen molar-refractivity contribution in [2.24, 2.45) is 5.73 Å². The molecule has 7 heteroatoms. The Morgan fingerprint density at radius 3 is 2.76 bits per heavy atom. The molecule has 0 aliphatic carbocycles. The number of nitrogens with one attached hydrogen (secondary N) is 2. The van der Waals surface area contributed by atoms with E-state index < -0.39 is 36.3 Å². The van der Waals surface area contributed by atoms with Crippen LogP contribution in [0.5, 0.6) is 0 Å². The average molecular weight is 291 g/mol. The second-order valence-electron chi connectivity index (χ2n) is 4.91. The molecule has 5 N–H and O–H groups in total. The van der Waals surface area contributed by atoms with Gasteiger partial charge in [-0.05, 0) is 17.5 Å². The van der Waals surface area contributed by atoms with Gasteiger partial charge in [0.1, 0.15) is 12.1 Å². The van der Waals surface area contributed by atoms with E-state index in [1.54, 1.807) is 0 Å². The van der Waals surface area contributed by atoms with Crippen LogP contribution < -0.4 is 16.4 Å². The van der Waals surface area contributed by atoms with Crippen molar-refractivity contribution in [2.75, 3.05) is 6.54 Å². The number of carboxylic acids is 1. The minimum atomic E-state index is -1.31. The fourth-order valence-electron chi connectivity index (χ4n) is 2.39. The lowest BCUT2D eigenvalue weighted by Gasteiger charge is -2.27. The first-order valence-electron chi connectivity index (χ1n) is 6.61. The van der Waals surface area contributed by atoms with Gasteiger partial charge in [-0.3, -0.25) is 9.59 Å². The summed E-state index contributed by atoms with van der Waals surface area (Å²) in [6, 6.07) is 5.55. The van der Waals surface area contributed by atoms with Crippen LogP contribution >= 0.6 is 0 Å². The van der Waals surface area contributed by atoms with Gasteiger partial charge in [0.15, 0.2) is 0 Å². The Morgan fingerprint density at radius 2 is 2.10 bits per heavy atom. The summed E-state index contributed by atoms with van der Waals surface area (Å²) in [6.45, 7) is 0.628. The Hall–Kier alpha value is -2.41. The predicted molar refractivity (Wildman–Crippen MR) is 74.3 cm³/mol. The van der Waals surface area contributed by atoms with Crippen LogP contribution in [0.2, 0.25) is 0 Å². The molecule has 2 rings (SSSR count). The molecule has 0 radical (unpaired) electrons. The highest BCUT2D eigenvalue weighted by Gasteiger charge is 2.30. The normalized spacial score (nSPS) is 18.4. The number of primary amides is 1. The summed E-state index contributed by atoms with van der Waals surface area (Å²) in [4.78, 5) is 34.2. The molecule has 1 aromatic carbocycles. The lowest BCUT2D eigenvalue weighted by Crippen LogP contribution is -2.49. The van der Waals surface area contributed by atoms with E-state index in [0.717, 1.165) is 17.5 Å². The zero-order valence-electron chi connectivity index (χ0n) is 11.3. The van der Waals surface area contributed by atoms with Crippen LogP contribution in [-0.4, -0.2) is 35.5 Å². The van der Waals surface area contributed by atoms with Crippen LogP contribution in [0.15, 0.2) is 24.3 Å². The molecule has 1 aliphatic rings. The molecule has 1 aliphatic heterocycles. The first kappa shape index (κ1) is 15.0. The standard InChI is InChI=1S/C14H17N3O4/c15-11(18)7-10(14(20)21)17-13(19)12-9-4-2-1-3-8(9)5-6-16-12/h1-4,10,12,16H,5-7H2,(H2,15,18)(H,17,19)(H,20,21)/t10-,12?/m0/s1. The van der Waals surface area contributed by atoms with E-state index in [1.807, 2.05) is 24.3 Å². The molecular weight excluding hydrogens is 274 g/mol. The van der Waals surface area contributed by atoms with Crippen LogP contribution in [0.4, 0.5) is 0 Å². The van der Waals surface area contributed by atoms with E-state index in [0.29, 0.717) is 6.54 Å². The predicted octanol–water partition coefficient (Wildman–Crippen LogP) is -0.682. The Balaban J connectivity index is 2.13. The van der Waals surface area contributed by atoms with Gasteiger partial charge in [-0.15, -0.1) is 0 Å². The van der Waals surface area contributed by atoms with Crippen molar-refractivity contribution in [3.63, 3.8) is 0 Å². The summed E-state index contributed by atoms with van der Waals surface area (Å²) in [5, 5.41) is 14.4. The van der Waals surface area contributed by atoms with Gasteiger partial charge in [0.25, 0.3) is 0 Å². The van der Waals surface area contributed by atoms with Crippen LogP contribution in [0.25, 0.3) is 0 Å². The van der Waals surface area contributed by atoms with Crippen molar-refractivity contribution >= 4 is 17.8 Å². The number of hydrogen-bond donors (Lipinski definition) is 4. The SMILES string of the molecule is NC(=O)C[C@H](NC(=O)C1NCCc2ccccc21)C(=O)O. The van der Waals surface area contributed by atoms with Gasteiger partial charge >= 0.3 is 5.97 Å². The topological polar surface area (TPSA) is 122 Å². The monoisotopic (exact) mass is 291 g/mol. The highest BCUT2D eigenvalue weighted by atomic mass is 16.4. The summed E-state index contributed by atoms with van der Waals surface area (Å²) < 4.78 is 0. The molecule has 0 aromatic heterocycles. The summed E-state index contributed by atoms with van der Waals surface area (Å²) in [6.07, 6.45) is 0.374. The molecule has 2 amide bonds. The Morgan fingerprint density at radius 1 is 1.38 bits per heavy atom. The molecule has 7 nitrogen and oxygen atoms in total. The van der Waals surface area contributed by atoms with Gasteiger partial charge in [-0.1, -0.05) is 24.3 Å². The van der Waals surface area contributed by atoms with Crippen molar-refractivity contribution in [2.45, 2.75) is 24.9 Å². The smallest absolute Gasteiger partial charge is 0.326 e. The molecule has 112 valence electrons. The number of aliphatic carboxylic acids is 1. The van der Waals surface area contributed by atoms with Gasteiger partial charge in [0, 0.05) is 6.54 Å². The fourth-order valence-corrected chi connectivity index (χ4v) is 2.39. The molecule has 0 bridgehead atoms. The van der Waals surface area contributed by atoms with Gasteiger partial charge in [-0.2, -0.15) is 0 Å². The van der Waals surface area contributed by atoms with Crippen molar-refractivity contribution in [1.29, 1.82) is 0 Å². The summed E-state index contributed by atoms with van der Waals surface area (Å²) >= 11 is 0. The van der Waals surface area contributed by atoms with E-state index in [4.69, 9.17) is 10.8 Å². The molecule has 1 heterocycles. The summed E-state index contributed by atoms with van der Waals surface area (Å²) in [7, 11) is 0. The maximum absolute atomic E-state index is 12.3. The number of fused-ring (bicyclic) bond motifs is 1. The minimum Gasteiger partial charge on any atom is -0.480 e. The quantitative estimate of drug-likeness (QED) is 0.572. The minimum absolute atomic E-state index is 0.435. The summed E-state index contributed by atoms with van der Waals surface area (Å²) in [5.74, 6) is -2.54. The molecule has 0 saturated carbocycles. The number of carbonyl (C=O) groups is 3. The third-order valence-electron chi connectivity index (χ3n) is 3.39. The van der Waals surface area contributed by atoms with Crippen molar-refractivity contribution in [3.05, 3.63) is 35.4 Å². The lowest BCUT2D eigenvalue weighted by molar-refractivity contribution is -0.143. The van der Waals surface area contributed by atoms with Crippen LogP contribution in [0.1, 0.15) is 23.6 Å². The second kappa shape index (κ2) is 6.36. The lowest BCUT2D eigenvalue weighted by atomic mass is 9.93. The number of rotatable bonds is 5. The zero-order valence-corrected chi connectivity index (χ0v) is 11.3.